The van der Waals surface area contributed by atoms with Gasteiger partial charge in [0.15, 0.2) is 11.5 Å². The standard InChI is InChI=1S/C10H11F3N6O/c1-5-16-8(20-19-5)2-3-15-7-4-6(10(11,12)13)17-9(14)18-7/h4H,2-3H2,1H3,(H3,14,15,17,18). The fourth-order valence-corrected chi connectivity index (χ4v) is 1.44. The number of rotatable bonds is 4. The molecule has 0 saturated carbocycles. The fourth-order valence-electron chi connectivity index (χ4n) is 1.44. The van der Waals surface area contributed by atoms with E-state index in [4.69, 9.17) is 10.3 Å². The summed E-state index contributed by atoms with van der Waals surface area (Å²) in [6.45, 7) is 1.94. The average molecular weight is 288 g/mol. The first-order valence-electron chi connectivity index (χ1n) is 5.59. The topological polar surface area (TPSA) is 103 Å². The van der Waals surface area contributed by atoms with E-state index >= 15 is 0 Å². The normalized spacial score (nSPS) is 11.6. The second-order valence-corrected chi connectivity index (χ2v) is 3.91. The van der Waals surface area contributed by atoms with Gasteiger partial charge in [-0.15, -0.1) is 0 Å². The van der Waals surface area contributed by atoms with Gasteiger partial charge >= 0.3 is 6.18 Å². The Labute approximate surface area is 111 Å². The Kier molecular flexibility index (Phi) is 3.72. The van der Waals surface area contributed by atoms with Crippen molar-refractivity contribution in [1.82, 2.24) is 20.1 Å². The lowest BCUT2D eigenvalue weighted by Gasteiger charge is -2.09. The van der Waals surface area contributed by atoms with Crippen LogP contribution in [-0.2, 0) is 12.6 Å². The minimum atomic E-state index is -4.57. The SMILES string of the molecule is Cc1noc(CCNc2cc(C(F)(F)F)nc(N)n2)n1. The molecule has 0 aliphatic carbocycles. The van der Waals surface area contributed by atoms with Crippen LogP contribution in [0.15, 0.2) is 10.6 Å². The van der Waals surface area contributed by atoms with Gasteiger partial charge in [-0.2, -0.15) is 23.1 Å². The van der Waals surface area contributed by atoms with Crippen LogP contribution in [0.2, 0.25) is 0 Å². The van der Waals surface area contributed by atoms with Crippen molar-refractivity contribution in [3.63, 3.8) is 0 Å². The summed E-state index contributed by atoms with van der Waals surface area (Å²) in [5.41, 5.74) is 4.14. The van der Waals surface area contributed by atoms with E-state index in [0.717, 1.165) is 6.07 Å². The maximum absolute atomic E-state index is 12.5. The summed E-state index contributed by atoms with van der Waals surface area (Å²) in [6.07, 6.45) is -4.22. The summed E-state index contributed by atoms with van der Waals surface area (Å²) >= 11 is 0. The van der Waals surface area contributed by atoms with Crippen LogP contribution in [0.25, 0.3) is 0 Å². The van der Waals surface area contributed by atoms with Gasteiger partial charge < -0.3 is 15.6 Å². The predicted octanol–water partition coefficient (Wildman–Crippen LogP) is 1.42. The molecule has 0 amide bonds. The van der Waals surface area contributed by atoms with Gasteiger partial charge in [-0.05, 0) is 6.92 Å². The summed E-state index contributed by atoms with van der Waals surface area (Å²) in [5.74, 6) is 0.413. The third kappa shape index (κ3) is 3.56. The lowest BCUT2D eigenvalue weighted by atomic mass is 10.3. The molecule has 3 N–H and O–H groups in total. The number of alkyl halides is 3. The zero-order valence-electron chi connectivity index (χ0n) is 10.4. The molecule has 108 valence electrons. The van der Waals surface area contributed by atoms with E-state index in [0.29, 0.717) is 18.1 Å². The molecule has 10 heteroatoms. The maximum atomic E-state index is 12.5. The Morgan fingerprint density at radius 1 is 1.30 bits per heavy atom. The number of halogens is 3. The van der Waals surface area contributed by atoms with Gasteiger partial charge in [-0.3, -0.25) is 0 Å². The van der Waals surface area contributed by atoms with E-state index in [1.807, 2.05) is 0 Å². The molecule has 0 aliphatic rings. The first-order valence-corrected chi connectivity index (χ1v) is 5.59. The van der Waals surface area contributed by atoms with Crippen molar-refractivity contribution < 1.29 is 17.7 Å². The van der Waals surface area contributed by atoms with Gasteiger partial charge in [0.05, 0.1) is 0 Å². The molecule has 0 spiro atoms. The molecule has 0 aromatic carbocycles. The van der Waals surface area contributed by atoms with Crippen LogP contribution in [0.3, 0.4) is 0 Å². The molecule has 0 atom stereocenters. The predicted molar refractivity (Wildman–Crippen MR) is 62.7 cm³/mol. The highest BCUT2D eigenvalue weighted by molar-refractivity contribution is 5.41. The zero-order valence-corrected chi connectivity index (χ0v) is 10.4. The van der Waals surface area contributed by atoms with Crippen molar-refractivity contribution in [1.29, 1.82) is 0 Å². The number of aryl methyl sites for hydroxylation is 1. The highest BCUT2D eigenvalue weighted by Crippen LogP contribution is 2.29. The third-order valence-corrected chi connectivity index (χ3v) is 2.25. The smallest absolute Gasteiger partial charge is 0.369 e. The molecule has 0 radical (unpaired) electrons. The van der Waals surface area contributed by atoms with Crippen molar-refractivity contribution in [3.8, 4) is 0 Å². The summed E-state index contributed by atoms with van der Waals surface area (Å²) in [5, 5.41) is 6.29. The van der Waals surface area contributed by atoms with Crippen molar-refractivity contribution >= 4 is 11.8 Å². The average Bonchev–Trinajstić information content (AvgIpc) is 2.73. The number of nitrogens with zero attached hydrogens (tertiary/aromatic N) is 4. The van der Waals surface area contributed by atoms with Crippen LogP contribution in [0, 0.1) is 6.92 Å². The number of nitrogens with two attached hydrogens (primary N) is 1. The molecule has 0 saturated heterocycles. The quantitative estimate of drug-likeness (QED) is 0.877. The third-order valence-electron chi connectivity index (χ3n) is 2.25. The Morgan fingerprint density at radius 3 is 2.65 bits per heavy atom. The number of hydrogen-bond acceptors (Lipinski definition) is 7. The van der Waals surface area contributed by atoms with Gasteiger partial charge in [0.2, 0.25) is 11.8 Å². The van der Waals surface area contributed by atoms with Crippen molar-refractivity contribution in [2.45, 2.75) is 19.5 Å². The number of hydrogen-bond donors (Lipinski definition) is 2. The van der Waals surface area contributed by atoms with Crippen LogP contribution in [0.4, 0.5) is 24.9 Å². The lowest BCUT2D eigenvalue weighted by Crippen LogP contribution is -2.14. The highest BCUT2D eigenvalue weighted by atomic mass is 19.4. The van der Waals surface area contributed by atoms with Crippen LogP contribution in [0.1, 0.15) is 17.4 Å². The van der Waals surface area contributed by atoms with E-state index < -0.39 is 17.8 Å². The molecule has 2 rings (SSSR count). The van der Waals surface area contributed by atoms with E-state index in [2.05, 4.69) is 25.4 Å². The Hall–Kier alpha value is -2.39. The van der Waals surface area contributed by atoms with Crippen molar-refractivity contribution in [3.05, 3.63) is 23.5 Å². The van der Waals surface area contributed by atoms with Crippen LogP contribution < -0.4 is 11.1 Å². The molecular formula is C10H11F3N6O. The minimum absolute atomic E-state index is 0.0129. The number of nitrogen functional groups attached to an aromatic ring is 1. The molecular weight excluding hydrogens is 277 g/mol. The highest BCUT2D eigenvalue weighted by Gasteiger charge is 2.33. The van der Waals surface area contributed by atoms with Crippen LogP contribution in [0.5, 0.6) is 0 Å². The number of aromatic nitrogens is 4. The summed E-state index contributed by atoms with van der Waals surface area (Å²) in [6, 6.07) is 0.787. The molecule has 0 bridgehead atoms. The lowest BCUT2D eigenvalue weighted by molar-refractivity contribution is -0.141. The fraction of sp³-hybridized carbons (Fsp3) is 0.400. The van der Waals surface area contributed by atoms with E-state index in [9.17, 15) is 13.2 Å². The van der Waals surface area contributed by atoms with E-state index in [-0.39, 0.29) is 12.4 Å². The van der Waals surface area contributed by atoms with Crippen molar-refractivity contribution in [2.75, 3.05) is 17.6 Å². The molecule has 2 aromatic rings. The van der Waals surface area contributed by atoms with Crippen LogP contribution >= 0.6 is 0 Å². The molecule has 2 heterocycles. The molecule has 0 fully saturated rings. The largest absolute Gasteiger partial charge is 0.433 e. The Balaban J connectivity index is 2.00. The van der Waals surface area contributed by atoms with Crippen LogP contribution in [-0.4, -0.2) is 26.7 Å². The first-order chi connectivity index (χ1) is 9.34. The zero-order chi connectivity index (χ0) is 14.8. The van der Waals surface area contributed by atoms with Gasteiger partial charge in [0, 0.05) is 19.0 Å². The second kappa shape index (κ2) is 5.31. The number of nitrogens with one attached hydrogen (secondary N) is 1. The first kappa shape index (κ1) is 14.0. The summed E-state index contributed by atoms with van der Waals surface area (Å²) in [4.78, 5) is 10.8. The molecule has 7 nitrogen and oxygen atoms in total. The van der Waals surface area contributed by atoms with Gasteiger partial charge in [0.25, 0.3) is 0 Å². The molecule has 0 unspecified atom stereocenters. The summed E-state index contributed by atoms with van der Waals surface area (Å²) in [7, 11) is 0. The Bertz CT molecular complexity index is 597. The monoisotopic (exact) mass is 288 g/mol. The van der Waals surface area contributed by atoms with E-state index in [1.165, 1.54) is 0 Å². The van der Waals surface area contributed by atoms with Gasteiger partial charge in [-0.25, -0.2) is 4.98 Å². The number of anilines is 2. The van der Waals surface area contributed by atoms with Gasteiger partial charge in [0.1, 0.15) is 5.82 Å². The Morgan fingerprint density at radius 2 is 2.05 bits per heavy atom. The summed E-state index contributed by atoms with van der Waals surface area (Å²) < 4.78 is 42.5. The molecule has 20 heavy (non-hydrogen) atoms. The molecule has 0 aliphatic heterocycles. The molecule has 2 aromatic heterocycles. The van der Waals surface area contributed by atoms with Gasteiger partial charge in [-0.1, -0.05) is 5.16 Å². The van der Waals surface area contributed by atoms with E-state index in [1.54, 1.807) is 6.92 Å². The second-order valence-electron chi connectivity index (χ2n) is 3.91. The maximum Gasteiger partial charge on any atom is 0.433 e. The van der Waals surface area contributed by atoms with Crippen molar-refractivity contribution in [2.24, 2.45) is 0 Å². The minimum Gasteiger partial charge on any atom is -0.369 e.